The fourth-order valence-corrected chi connectivity index (χ4v) is 1.73. The Labute approximate surface area is 106 Å². The number of carbonyl (C=O) groups excluding carboxylic acids is 1. The number of unbranched alkanes of at least 4 members (excludes halogenated alkanes) is 1. The summed E-state index contributed by atoms with van der Waals surface area (Å²) in [6.45, 7) is 0.621. The molecular weight excluding hydrogens is 236 g/mol. The van der Waals surface area contributed by atoms with E-state index >= 15 is 0 Å². The molecule has 0 saturated carbocycles. The van der Waals surface area contributed by atoms with Gasteiger partial charge in [-0.05, 0) is 43.4 Å². The molecule has 17 heavy (non-hydrogen) atoms. The molecule has 0 saturated heterocycles. The highest BCUT2D eigenvalue weighted by Crippen LogP contribution is 2.19. The molecule has 0 atom stereocenters. The Kier molecular flexibility index (Phi) is 6.50. The summed E-state index contributed by atoms with van der Waals surface area (Å²) in [7, 11) is 0. The zero-order chi connectivity index (χ0) is 12.5. The van der Waals surface area contributed by atoms with Crippen molar-refractivity contribution < 1.29 is 9.53 Å². The van der Waals surface area contributed by atoms with E-state index in [1.165, 1.54) is 4.90 Å². The summed E-state index contributed by atoms with van der Waals surface area (Å²) in [6.07, 6.45) is 4.12. The van der Waals surface area contributed by atoms with E-state index in [1.807, 2.05) is 30.5 Å². The third-order valence-corrected chi connectivity index (χ3v) is 3.03. The Hall–Kier alpha value is -1.20. The molecular formula is C12H18N2O2S. The molecule has 4 nitrogen and oxygen atoms in total. The van der Waals surface area contributed by atoms with Crippen LogP contribution in [-0.2, 0) is 4.79 Å². The fourth-order valence-electron chi connectivity index (χ4n) is 1.32. The number of rotatable bonds is 7. The summed E-state index contributed by atoms with van der Waals surface area (Å²) >= 11 is 1.70. The Morgan fingerprint density at radius 2 is 2.06 bits per heavy atom. The Morgan fingerprint density at radius 1 is 1.35 bits per heavy atom. The van der Waals surface area contributed by atoms with Crippen molar-refractivity contribution in [2.75, 3.05) is 12.9 Å². The van der Waals surface area contributed by atoms with Gasteiger partial charge in [-0.15, -0.1) is 11.8 Å². The summed E-state index contributed by atoms with van der Waals surface area (Å²) < 4.78 is 5.55. The number of ether oxygens (including phenoxy) is 1. The summed E-state index contributed by atoms with van der Waals surface area (Å²) in [4.78, 5) is 12.1. The van der Waals surface area contributed by atoms with E-state index < -0.39 is 0 Å². The highest BCUT2D eigenvalue weighted by molar-refractivity contribution is 7.98. The lowest BCUT2D eigenvalue weighted by molar-refractivity contribution is -0.121. The highest BCUT2D eigenvalue weighted by Gasteiger charge is 1.98. The minimum absolute atomic E-state index is 0.130. The molecule has 0 heterocycles. The van der Waals surface area contributed by atoms with Gasteiger partial charge in [0, 0.05) is 11.3 Å². The Bertz CT molecular complexity index is 341. The quantitative estimate of drug-likeness (QED) is 0.257. The summed E-state index contributed by atoms with van der Waals surface area (Å²) in [5.74, 6) is 5.71. The van der Waals surface area contributed by atoms with Crippen molar-refractivity contribution in [3.8, 4) is 5.75 Å². The molecule has 0 unspecified atom stereocenters. The summed E-state index contributed by atoms with van der Waals surface area (Å²) in [6, 6.07) is 7.97. The van der Waals surface area contributed by atoms with Crippen LogP contribution in [0.3, 0.4) is 0 Å². The second-order valence-corrected chi connectivity index (χ2v) is 4.43. The van der Waals surface area contributed by atoms with Crippen LogP contribution in [0.5, 0.6) is 5.75 Å². The van der Waals surface area contributed by atoms with E-state index in [4.69, 9.17) is 10.6 Å². The fraction of sp³-hybridized carbons (Fsp3) is 0.417. The second kappa shape index (κ2) is 7.97. The van der Waals surface area contributed by atoms with Crippen LogP contribution in [-0.4, -0.2) is 18.8 Å². The lowest BCUT2D eigenvalue weighted by Gasteiger charge is -2.06. The average Bonchev–Trinajstić information content (AvgIpc) is 2.38. The lowest BCUT2D eigenvalue weighted by atomic mass is 10.2. The predicted molar refractivity (Wildman–Crippen MR) is 69.9 cm³/mol. The van der Waals surface area contributed by atoms with Gasteiger partial charge in [0.2, 0.25) is 5.91 Å². The number of hydrogen-bond acceptors (Lipinski definition) is 4. The largest absolute Gasteiger partial charge is 0.494 e. The van der Waals surface area contributed by atoms with Crippen LogP contribution in [0.2, 0.25) is 0 Å². The number of nitrogens with two attached hydrogens (primary N) is 1. The predicted octanol–water partition coefficient (Wildman–Crippen LogP) is 1.95. The molecule has 0 aliphatic carbocycles. The minimum atomic E-state index is -0.130. The van der Waals surface area contributed by atoms with Gasteiger partial charge in [-0.3, -0.25) is 10.2 Å². The molecule has 1 amide bonds. The number of hydrogen-bond donors (Lipinski definition) is 2. The van der Waals surface area contributed by atoms with Crippen LogP contribution >= 0.6 is 11.8 Å². The monoisotopic (exact) mass is 254 g/mol. The van der Waals surface area contributed by atoms with Crippen LogP contribution in [0.4, 0.5) is 0 Å². The van der Waals surface area contributed by atoms with Crippen molar-refractivity contribution in [3.05, 3.63) is 24.3 Å². The lowest BCUT2D eigenvalue weighted by Crippen LogP contribution is -2.29. The van der Waals surface area contributed by atoms with E-state index in [-0.39, 0.29) is 5.91 Å². The van der Waals surface area contributed by atoms with Crippen LogP contribution in [0.15, 0.2) is 29.2 Å². The SMILES string of the molecule is CSc1ccc(OCCCCC(=O)NN)cc1. The average molecular weight is 254 g/mol. The van der Waals surface area contributed by atoms with Crippen molar-refractivity contribution >= 4 is 17.7 Å². The molecule has 0 spiro atoms. The molecule has 0 fully saturated rings. The molecule has 1 aromatic carbocycles. The first-order chi connectivity index (χ1) is 8.26. The van der Waals surface area contributed by atoms with Crippen molar-refractivity contribution in [2.45, 2.75) is 24.2 Å². The minimum Gasteiger partial charge on any atom is -0.494 e. The maximum atomic E-state index is 10.8. The first-order valence-corrected chi connectivity index (χ1v) is 6.75. The molecule has 0 aliphatic heterocycles. The van der Waals surface area contributed by atoms with Crippen molar-refractivity contribution in [1.82, 2.24) is 5.43 Å². The standard InChI is InChI=1S/C12H18N2O2S/c1-17-11-7-5-10(6-8-11)16-9-3-2-4-12(15)14-13/h5-8H,2-4,9,13H2,1H3,(H,14,15). The molecule has 0 aliphatic rings. The molecule has 3 N–H and O–H groups in total. The van der Waals surface area contributed by atoms with Crippen molar-refractivity contribution in [1.29, 1.82) is 0 Å². The first-order valence-electron chi connectivity index (χ1n) is 5.52. The van der Waals surface area contributed by atoms with Crippen LogP contribution in [0.25, 0.3) is 0 Å². The zero-order valence-electron chi connectivity index (χ0n) is 9.94. The van der Waals surface area contributed by atoms with Crippen molar-refractivity contribution in [3.63, 3.8) is 0 Å². The van der Waals surface area contributed by atoms with Gasteiger partial charge in [0.25, 0.3) is 0 Å². The van der Waals surface area contributed by atoms with Gasteiger partial charge in [-0.2, -0.15) is 0 Å². The smallest absolute Gasteiger partial charge is 0.233 e. The summed E-state index contributed by atoms with van der Waals surface area (Å²) in [5, 5.41) is 0. The molecule has 0 radical (unpaired) electrons. The number of amides is 1. The van der Waals surface area contributed by atoms with E-state index in [1.54, 1.807) is 11.8 Å². The maximum absolute atomic E-state index is 10.8. The molecule has 0 bridgehead atoms. The van der Waals surface area contributed by atoms with Gasteiger partial charge in [-0.1, -0.05) is 0 Å². The molecule has 94 valence electrons. The molecule has 1 rings (SSSR count). The third-order valence-electron chi connectivity index (χ3n) is 2.29. The van der Waals surface area contributed by atoms with E-state index in [9.17, 15) is 4.79 Å². The van der Waals surface area contributed by atoms with Crippen molar-refractivity contribution in [2.24, 2.45) is 5.84 Å². The zero-order valence-corrected chi connectivity index (χ0v) is 10.8. The van der Waals surface area contributed by atoms with Gasteiger partial charge in [-0.25, -0.2) is 5.84 Å². The molecule has 0 aromatic heterocycles. The van der Waals surface area contributed by atoms with Gasteiger partial charge >= 0.3 is 0 Å². The van der Waals surface area contributed by atoms with Gasteiger partial charge in [0.1, 0.15) is 5.75 Å². The van der Waals surface area contributed by atoms with Gasteiger partial charge in [0.15, 0.2) is 0 Å². The second-order valence-electron chi connectivity index (χ2n) is 3.55. The number of hydrazine groups is 1. The maximum Gasteiger partial charge on any atom is 0.233 e. The topological polar surface area (TPSA) is 64.3 Å². The molecule has 1 aromatic rings. The van der Waals surface area contributed by atoms with Crippen LogP contribution in [0, 0.1) is 0 Å². The Balaban J connectivity index is 2.15. The van der Waals surface area contributed by atoms with Gasteiger partial charge in [0.05, 0.1) is 6.61 Å². The third kappa shape index (κ3) is 5.60. The number of thioether (sulfide) groups is 1. The molecule has 5 heteroatoms. The van der Waals surface area contributed by atoms with Crippen LogP contribution in [0.1, 0.15) is 19.3 Å². The normalized spacial score (nSPS) is 10.0. The van der Waals surface area contributed by atoms with E-state index in [2.05, 4.69) is 5.43 Å². The number of nitrogens with one attached hydrogen (secondary N) is 1. The highest BCUT2D eigenvalue weighted by atomic mass is 32.2. The number of benzene rings is 1. The first kappa shape index (κ1) is 13.9. The van der Waals surface area contributed by atoms with E-state index in [0.29, 0.717) is 13.0 Å². The Morgan fingerprint density at radius 3 is 2.65 bits per heavy atom. The number of carbonyl (C=O) groups is 1. The van der Waals surface area contributed by atoms with Gasteiger partial charge < -0.3 is 4.74 Å². The van der Waals surface area contributed by atoms with Crippen LogP contribution < -0.4 is 16.0 Å². The van der Waals surface area contributed by atoms with E-state index in [0.717, 1.165) is 18.6 Å². The summed E-state index contributed by atoms with van der Waals surface area (Å²) in [5.41, 5.74) is 2.10.